The van der Waals surface area contributed by atoms with Gasteiger partial charge in [0.2, 0.25) is 5.95 Å². The largest absolute Gasteiger partial charge is 0.371 e. The molecule has 86 valence electrons. The number of nitrogens with two attached hydrogens (primary N) is 1. The zero-order valence-electron chi connectivity index (χ0n) is 9.94. The molecule has 0 aliphatic carbocycles. The Labute approximate surface area is 94.9 Å². The number of nitrogens with zero attached hydrogens (tertiary/aromatic N) is 4. The van der Waals surface area contributed by atoms with Crippen LogP contribution in [0.2, 0.25) is 0 Å². The van der Waals surface area contributed by atoms with E-state index in [-0.39, 0.29) is 0 Å². The van der Waals surface area contributed by atoms with E-state index in [1.165, 1.54) is 5.69 Å². The van der Waals surface area contributed by atoms with Gasteiger partial charge in [-0.2, -0.15) is 4.98 Å². The third-order valence-electron chi connectivity index (χ3n) is 2.83. The molecule has 0 amide bonds. The molecule has 0 aliphatic heterocycles. The highest BCUT2D eigenvalue weighted by Gasteiger charge is 2.10. The minimum atomic E-state index is 0.319. The molecule has 0 aromatic carbocycles. The summed E-state index contributed by atoms with van der Waals surface area (Å²) in [5, 5.41) is 4.18. The van der Waals surface area contributed by atoms with Gasteiger partial charge in [0.05, 0.1) is 11.4 Å². The summed E-state index contributed by atoms with van der Waals surface area (Å²) < 4.78 is 1.79. The summed E-state index contributed by atoms with van der Waals surface area (Å²) in [6, 6.07) is 4.02. The predicted octanol–water partition coefficient (Wildman–Crippen LogP) is 1.47. The van der Waals surface area contributed by atoms with Gasteiger partial charge in [-0.3, -0.25) is 0 Å². The van der Waals surface area contributed by atoms with Crippen LogP contribution in [-0.4, -0.2) is 27.7 Å². The molecule has 0 atom stereocenters. The van der Waals surface area contributed by atoms with Crippen molar-refractivity contribution < 1.29 is 0 Å². The Morgan fingerprint density at radius 1 is 1.31 bits per heavy atom. The molecule has 0 fully saturated rings. The fourth-order valence-electron chi connectivity index (χ4n) is 1.98. The van der Waals surface area contributed by atoms with Crippen LogP contribution >= 0.6 is 0 Å². The molecule has 5 nitrogen and oxygen atoms in total. The first kappa shape index (κ1) is 10.7. The summed E-state index contributed by atoms with van der Waals surface area (Å²) in [6.07, 6.45) is 0. The van der Waals surface area contributed by atoms with Crippen molar-refractivity contribution in [3.8, 4) is 0 Å². The molecule has 2 rings (SSSR count). The number of rotatable bonds is 3. The molecule has 0 bridgehead atoms. The lowest BCUT2D eigenvalue weighted by Gasteiger charge is -2.22. The number of hydrogen-bond donors (Lipinski definition) is 1. The van der Waals surface area contributed by atoms with E-state index in [2.05, 4.69) is 34.9 Å². The molecule has 0 aliphatic rings. The fraction of sp³-hybridized carbons (Fsp3) is 0.455. The smallest absolute Gasteiger partial charge is 0.240 e. The van der Waals surface area contributed by atoms with Crippen LogP contribution in [-0.2, 0) is 0 Å². The monoisotopic (exact) mass is 219 g/mol. The maximum absolute atomic E-state index is 5.59. The average molecular weight is 219 g/mol. The quantitative estimate of drug-likeness (QED) is 0.849. The second-order valence-electron chi connectivity index (χ2n) is 3.72. The van der Waals surface area contributed by atoms with Gasteiger partial charge in [0.15, 0.2) is 5.65 Å². The van der Waals surface area contributed by atoms with Crippen LogP contribution in [0.5, 0.6) is 0 Å². The van der Waals surface area contributed by atoms with Gasteiger partial charge >= 0.3 is 0 Å². The van der Waals surface area contributed by atoms with Crippen molar-refractivity contribution in [2.75, 3.05) is 23.7 Å². The van der Waals surface area contributed by atoms with Gasteiger partial charge in [-0.05, 0) is 32.9 Å². The summed E-state index contributed by atoms with van der Waals surface area (Å²) in [6.45, 7) is 8.28. The van der Waals surface area contributed by atoms with Gasteiger partial charge in [-0.1, -0.05) is 0 Å². The van der Waals surface area contributed by atoms with Crippen molar-refractivity contribution in [3.63, 3.8) is 0 Å². The molecule has 0 spiro atoms. The summed E-state index contributed by atoms with van der Waals surface area (Å²) in [5.74, 6) is 0.319. The van der Waals surface area contributed by atoms with Crippen LogP contribution in [0.1, 0.15) is 19.5 Å². The van der Waals surface area contributed by atoms with Gasteiger partial charge in [0.25, 0.3) is 0 Å². The van der Waals surface area contributed by atoms with E-state index < -0.39 is 0 Å². The van der Waals surface area contributed by atoms with E-state index >= 15 is 0 Å². The van der Waals surface area contributed by atoms with Crippen LogP contribution in [0, 0.1) is 6.92 Å². The van der Waals surface area contributed by atoms with Gasteiger partial charge in [-0.15, -0.1) is 5.10 Å². The van der Waals surface area contributed by atoms with E-state index in [1.54, 1.807) is 4.52 Å². The SMILES string of the molecule is CCN(CC)c1ccc2nc(N)nn2c1C. The van der Waals surface area contributed by atoms with Gasteiger partial charge in [0.1, 0.15) is 0 Å². The Morgan fingerprint density at radius 3 is 2.62 bits per heavy atom. The van der Waals surface area contributed by atoms with Gasteiger partial charge in [0, 0.05) is 13.1 Å². The highest BCUT2D eigenvalue weighted by atomic mass is 15.3. The molecule has 0 saturated carbocycles. The van der Waals surface area contributed by atoms with Crippen molar-refractivity contribution in [2.45, 2.75) is 20.8 Å². The molecule has 2 aromatic rings. The molecule has 2 heterocycles. The highest BCUT2D eigenvalue weighted by molar-refractivity contribution is 5.57. The Bertz CT molecular complexity index is 498. The van der Waals surface area contributed by atoms with Crippen LogP contribution < -0.4 is 10.6 Å². The van der Waals surface area contributed by atoms with Crippen molar-refractivity contribution in [1.82, 2.24) is 14.6 Å². The molecular formula is C11H17N5. The zero-order valence-corrected chi connectivity index (χ0v) is 9.94. The number of fused-ring (bicyclic) bond motifs is 1. The van der Waals surface area contributed by atoms with E-state index in [1.807, 2.05) is 13.0 Å². The molecule has 2 N–H and O–H groups in total. The van der Waals surface area contributed by atoms with Crippen molar-refractivity contribution in [2.24, 2.45) is 0 Å². The molecule has 16 heavy (non-hydrogen) atoms. The van der Waals surface area contributed by atoms with E-state index in [9.17, 15) is 0 Å². The number of nitrogen functional groups attached to an aromatic ring is 1. The van der Waals surface area contributed by atoms with E-state index in [0.717, 1.165) is 24.4 Å². The standard InChI is InChI=1S/C11H17N5/c1-4-15(5-2)9-6-7-10-13-11(12)14-16(10)8(9)3/h6-7H,4-5H2,1-3H3,(H2,12,14). The number of pyridine rings is 1. The first-order valence-electron chi connectivity index (χ1n) is 5.54. The van der Waals surface area contributed by atoms with Crippen LogP contribution in [0.15, 0.2) is 12.1 Å². The number of hydrogen-bond acceptors (Lipinski definition) is 4. The lowest BCUT2D eigenvalue weighted by atomic mass is 10.2. The average Bonchev–Trinajstić information content (AvgIpc) is 2.65. The van der Waals surface area contributed by atoms with Crippen molar-refractivity contribution in [3.05, 3.63) is 17.8 Å². The molecule has 0 saturated heterocycles. The molecule has 5 heteroatoms. The Morgan fingerprint density at radius 2 is 2.00 bits per heavy atom. The van der Waals surface area contributed by atoms with Crippen molar-refractivity contribution >= 4 is 17.3 Å². The van der Waals surface area contributed by atoms with E-state index in [0.29, 0.717) is 5.95 Å². The highest BCUT2D eigenvalue weighted by Crippen LogP contribution is 2.20. The fourth-order valence-corrected chi connectivity index (χ4v) is 1.98. The molecule has 2 aromatic heterocycles. The summed E-state index contributed by atoms with van der Waals surface area (Å²) in [4.78, 5) is 6.42. The number of aromatic nitrogens is 3. The Balaban J connectivity index is 2.59. The van der Waals surface area contributed by atoms with Crippen LogP contribution in [0.4, 0.5) is 11.6 Å². The topological polar surface area (TPSA) is 59.5 Å². The first-order valence-corrected chi connectivity index (χ1v) is 5.54. The maximum Gasteiger partial charge on any atom is 0.240 e. The van der Waals surface area contributed by atoms with Crippen LogP contribution in [0.3, 0.4) is 0 Å². The first-order chi connectivity index (χ1) is 7.67. The molecule has 0 radical (unpaired) electrons. The lowest BCUT2D eigenvalue weighted by molar-refractivity contribution is 0.834. The molecule has 0 unspecified atom stereocenters. The molecular weight excluding hydrogens is 202 g/mol. The van der Waals surface area contributed by atoms with E-state index in [4.69, 9.17) is 5.73 Å². The minimum absolute atomic E-state index is 0.319. The second-order valence-corrected chi connectivity index (χ2v) is 3.72. The Hall–Kier alpha value is -1.78. The summed E-state index contributed by atoms with van der Waals surface area (Å²) in [5.41, 5.74) is 8.65. The third-order valence-corrected chi connectivity index (χ3v) is 2.83. The van der Waals surface area contributed by atoms with Gasteiger partial charge < -0.3 is 10.6 Å². The summed E-state index contributed by atoms with van der Waals surface area (Å²) in [7, 11) is 0. The maximum atomic E-state index is 5.59. The van der Waals surface area contributed by atoms with Crippen LogP contribution in [0.25, 0.3) is 5.65 Å². The van der Waals surface area contributed by atoms with Gasteiger partial charge in [-0.25, -0.2) is 4.52 Å². The normalized spacial score (nSPS) is 10.9. The predicted molar refractivity (Wildman–Crippen MR) is 65.7 cm³/mol. The summed E-state index contributed by atoms with van der Waals surface area (Å²) >= 11 is 0. The minimum Gasteiger partial charge on any atom is -0.371 e. The zero-order chi connectivity index (χ0) is 11.7. The number of aryl methyl sites for hydroxylation is 1. The second kappa shape index (κ2) is 4.00. The lowest BCUT2D eigenvalue weighted by Crippen LogP contribution is -2.23. The number of anilines is 2. The Kier molecular flexibility index (Phi) is 2.68. The third kappa shape index (κ3) is 1.58. The van der Waals surface area contributed by atoms with Crippen molar-refractivity contribution in [1.29, 1.82) is 0 Å².